The van der Waals surface area contributed by atoms with Crippen molar-refractivity contribution in [2.45, 2.75) is 13.0 Å². The highest BCUT2D eigenvalue weighted by atomic mass is 16.1. The molecule has 0 atom stereocenters. The van der Waals surface area contributed by atoms with Gasteiger partial charge in [0.2, 0.25) is 0 Å². The van der Waals surface area contributed by atoms with Crippen LogP contribution in [0, 0.1) is 0 Å². The Morgan fingerprint density at radius 2 is 2.27 bits per heavy atom. The summed E-state index contributed by atoms with van der Waals surface area (Å²) in [5, 5.41) is 14.1. The molecule has 4 rings (SSSR count). The van der Waals surface area contributed by atoms with Crippen LogP contribution in [0.5, 0.6) is 0 Å². The molecule has 1 aromatic carbocycles. The van der Waals surface area contributed by atoms with Crippen molar-refractivity contribution in [3.8, 4) is 0 Å². The molecule has 7 heteroatoms. The second-order valence-electron chi connectivity index (χ2n) is 5.36. The number of amides is 1. The summed E-state index contributed by atoms with van der Waals surface area (Å²) < 4.78 is 2.05. The number of benzene rings is 1. The van der Waals surface area contributed by atoms with Gasteiger partial charge in [-0.2, -0.15) is 5.10 Å². The van der Waals surface area contributed by atoms with E-state index in [2.05, 4.69) is 25.8 Å². The largest absolute Gasteiger partial charge is 0.333 e. The molecule has 0 aliphatic carbocycles. The maximum Gasteiger partial charge on any atom is 0.275 e. The summed E-state index contributed by atoms with van der Waals surface area (Å²) in [6.45, 7) is 2.64. The van der Waals surface area contributed by atoms with Crippen molar-refractivity contribution in [2.75, 3.05) is 18.4 Å². The number of H-pyrrole nitrogens is 1. The highest BCUT2D eigenvalue weighted by Crippen LogP contribution is 2.17. The summed E-state index contributed by atoms with van der Waals surface area (Å²) >= 11 is 0. The molecule has 3 aromatic rings. The van der Waals surface area contributed by atoms with Gasteiger partial charge in [-0.25, -0.2) is 4.98 Å². The zero-order chi connectivity index (χ0) is 14.9. The number of nitrogens with zero attached hydrogens (tertiary/aromatic N) is 3. The Kier molecular flexibility index (Phi) is 3.12. The Morgan fingerprint density at radius 1 is 1.32 bits per heavy atom. The van der Waals surface area contributed by atoms with E-state index >= 15 is 0 Å². The van der Waals surface area contributed by atoms with Crippen LogP contribution in [0.2, 0.25) is 0 Å². The molecule has 3 N–H and O–H groups in total. The standard InChI is InChI=1S/C15H16N6O/c22-15(13-9-21-6-5-16-4-3-14(21)19-13)18-11-2-1-10-8-17-20-12(10)7-11/h1-2,7-9,16H,3-6H2,(H,17,20)(H,18,22). The number of rotatable bonds is 2. The topological polar surface area (TPSA) is 87.6 Å². The molecule has 0 unspecified atom stereocenters. The molecule has 2 aromatic heterocycles. The number of aromatic amines is 1. The van der Waals surface area contributed by atoms with Crippen LogP contribution in [-0.2, 0) is 13.0 Å². The fourth-order valence-corrected chi connectivity index (χ4v) is 2.69. The van der Waals surface area contributed by atoms with E-state index < -0.39 is 0 Å². The summed E-state index contributed by atoms with van der Waals surface area (Å²) in [5.74, 6) is 0.770. The van der Waals surface area contributed by atoms with Crippen molar-refractivity contribution in [3.05, 3.63) is 42.1 Å². The summed E-state index contributed by atoms with van der Waals surface area (Å²) in [7, 11) is 0. The predicted molar refractivity (Wildman–Crippen MR) is 82.8 cm³/mol. The zero-order valence-corrected chi connectivity index (χ0v) is 12.0. The first-order chi connectivity index (χ1) is 10.8. The van der Waals surface area contributed by atoms with Gasteiger partial charge in [-0.05, 0) is 18.2 Å². The number of carbonyl (C=O) groups excluding carboxylic acids is 1. The summed E-state index contributed by atoms with van der Waals surface area (Å²) in [6, 6.07) is 5.65. The van der Waals surface area contributed by atoms with Gasteiger partial charge in [0, 0.05) is 43.3 Å². The molecular weight excluding hydrogens is 280 g/mol. The average molecular weight is 296 g/mol. The number of carbonyl (C=O) groups is 1. The molecule has 0 radical (unpaired) electrons. The lowest BCUT2D eigenvalue weighted by Gasteiger charge is -2.03. The fraction of sp³-hybridized carbons (Fsp3) is 0.267. The van der Waals surface area contributed by atoms with Crippen LogP contribution < -0.4 is 10.6 Å². The fourth-order valence-electron chi connectivity index (χ4n) is 2.69. The van der Waals surface area contributed by atoms with E-state index in [-0.39, 0.29) is 5.91 Å². The molecule has 1 aliphatic rings. The minimum absolute atomic E-state index is 0.188. The third-order valence-electron chi connectivity index (χ3n) is 3.85. The first-order valence-corrected chi connectivity index (χ1v) is 7.31. The van der Waals surface area contributed by atoms with E-state index in [0.29, 0.717) is 5.69 Å². The second-order valence-corrected chi connectivity index (χ2v) is 5.36. The first-order valence-electron chi connectivity index (χ1n) is 7.31. The van der Waals surface area contributed by atoms with E-state index in [1.807, 2.05) is 29.0 Å². The van der Waals surface area contributed by atoms with Gasteiger partial charge in [0.15, 0.2) is 0 Å². The SMILES string of the molecule is O=C(Nc1ccc2cn[nH]c2c1)c1cn2c(n1)CCNCC2. The quantitative estimate of drug-likeness (QED) is 0.662. The minimum atomic E-state index is -0.188. The molecule has 1 aliphatic heterocycles. The number of imidazole rings is 1. The number of anilines is 1. The van der Waals surface area contributed by atoms with Crippen LogP contribution in [0.4, 0.5) is 5.69 Å². The number of hydrogen-bond acceptors (Lipinski definition) is 4. The van der Waals surface area contributed by atoms with Gasteiger partial charge in [-0.3, -0.25) is 9.89 Å². The van der Waals surface area contributed by atoms with Gasteiger partial charge in [0.1, 0.15) is 11.5 Å². The third kappa shape index (κ3) is 2.35. The molecular formula is C15H16N6O. The summed E-state index contributed by atoms with van der Waals surface area (Å²) in [6.07, 6.45) is 4.42. The second kappa shape index (κ2) is 5.27. The summed E-state index contributed by atoms with van der Waals surface area (Å²) in [5.41, 5.74) is 2.08. The molecule has 1 amide bonds. The number of nitrogens with one attached hydrogen (secondary N) is 3. The monoisotopic (exact) mass is 296 g/mol. The van der Waals surface area contributed by atoms with E-state index in [1.165, 1.54) is 0 Å². The molecule has 0 spiro atoms. The van der Waals surface area contributed by atoms with Crippen LogP contribution >= 0.6 is 0 Å². The number of fused-ring (bicyclic) bond motifs is 2. The highest BCUT2D eigenvalue weighted by Gasteiger charge is 2.16. The van der Waals surface area contributed by atoms with Crippen LogP contribution in [0.3, 0.4) is 0 Å². The summed E-state index contributed by atoms with van der Waals surface area (Å²) in [4.78, 5) is 16.8. The van der Waals surface area contributed by atoms with Gasteiger partial charge in [0.25, 0.3) is 5.91 Å². The molecule has 7 nitrogen and oxygen atoms in total. The van der Waals surface area contributed by atoms with Crippen molar-refractivity contribution >= 4 is 22.5 Å². The Morgan fingerprint density at radius 3 is 3.23 bits per heavy atom. The average Bonchev–Trinajstić information content (AvgIpc) is 3.09. The van der Waals surface area contributed by atoms with Gasteiger partial charge in [-0.1, -0.05) is 0 Å². The molecule has 0 saturated carbocycles. The molecule has 22 heavy (non-hydrogen) atoms. The number of hydrogen-bond donors (Lipinski definition) is 3. The van der Waals surface area contributed by atoms with Crippen molar-refractivity contribution in [3.63, 3.8) is 0 Å². The lowest BCUT2D eigenvalue weighted by Crippen LogP contribution is -2.18. The van der Waals surface area contributed by atoms with E-state index in [0.717, 1.165) is 48.5 Å². The van der Waals surface area contributed by atoms with Crippen LogP contribution in [0.15, 0.2) is 30.6 Å². The predicted octanol–water partition coefficient (Wildman–Crippen LogP) is 1.16. The Hall–Kier alpha value is -2.67. The van der Waals surface area contributed by atoms with Crippen molar-refractivity contribution in [1.29, 1.82) is 0 Å². The van der Waals surface area contributed by atoms with E-state index in [9.17, 15) is 4.79 Å². The van der Waals surface area contributed by atoms with E-state index in [4.69, 9.17) is 0 Å². The van der Waals surface area contributed by atoms with Gasteiger partial charge >= 0.3 is 0 Å². The van der Waals surface area contributed by atoms with Gasteiger partial charge < -0.3 is 15.2 Å². The first kappa shape index (κ1) is 13.0. The minimum Gasteiger partial charge on any atom is -0.333 e. The molecule has 0 bridgehead atoms. The molecule has 112 valence electrons. The lowest BCUT2D eigenvalue weighted by molar-refractivity contribution is 0.102. The molecule has 0 saturated heterocycles. The van der Waals surface area contributed by atoms with Crippen LogP contribution in [0.25, 0.3) is 10.9 Å². The van der Waals surface area contributed by atoms with Crippen LogP contribution in [0.1, 0.15) is 16.3 Å². The molecule has 0 fully saturated rings. The van der Waals surface area contributed by atoms with Crippen LogP contribution in [-0.4, -0.2) is 38.7 Å². The zero-order valence-electron chi connectivity index (χ0n) is 12.0. The Balaban J connectivity index is 1.56. The van der Waals surface area contributed by atoms with Crippen molar-refractivity contribution < 1.29 is 4.79 Å². The van der Waals surface area contributed by atoms with Crippen molar-refractivity contribution in [2.24, 2.45) is 0 Å². The van der Waals surface area contributed by atoms with Gasteiger partial charge in [-0.15, -0.1) is 0 Å². The smallest absolute Gasteiger partial charge is 0.275 e. The molecule has 3 heterocycles. The van der Waals surface area contributed by atoms with E-state index in [1.54, 1.807) is 6.20 Å². The maximum atomic E-state index is 12.4. The highest BCUT2D eigenvalue weighted by molar-refractivity contribution is 6.03. The van der Waals surface area contributed by atoms with Crippen molar-refractivity contribution in [1.82, 2.24) is 25.1 Å². The Labute approximate surface area is 126 Å². The lowest BCUT2D eigenvalue weighted by atomic mass is 10.2. The Bertz CT molecular complexity index is 810. The van der Waals surface area contributed by atoms with Gasteiger partial charge in [0.05, 0.1) is 11.7 Å². The maximum absolute atomic E-state index is 12.4. The third-order valence-corrected chi connectivity index (χ3v) is 3.85. The number of aromatic nitrogens is 4. The normalized spacial score (nSPS) is 14.5.